The molecule has 0 saturated carbocycles. The number of hydrogen-bond donors (Lipinski definition) is 1. The number of benzene rings is 1. The number of oxazole rings is 1. The minimum absolute atomic E-state index is 0.337. The molecular weight excluding hydrogens is 560 g/mol. The number of hydrogen-bond acceptors (Lipinski definition) is 10. The second-order valence-corrected chi connectivity index (χ2v) is 11.8. The summed E-state index contributed by atoms with van der Waals surface area (Å²) in [5.74, 6) is 1.98. The fraction of sp³-hybridized carbons (Fsp3) is 0.455. The van der Waals surface area contributed by atoms with Gasteiger partial charge in [-0.05, 0) is 76.6 Å². The summed E-state index contributed by atoms with van der Waals surface area (Å²) < 4.78 is 23.0. The van der Waals surface area contributed by atoms with E-state index in [2.05, 4.69) is 30.1 Å². The van der Waals surface area contributed by atoms with Crippen molar-refractivity contribution in [3.05, 3.63) is 66.7 Å². The van der Waals surface area contributed by atoms with Gasteiger partial charge in [-0.15, -0.1) is 0 Å². The first-order valence-corrected chi connectivity index (χ1v) is 15.2. The molecule has 11 heteroatoms. The highest BCUT2D eigenvalue weighted by Gasteiger charge is 2.17. The Hall–Kier alpha value is -4.22. The Morgan fingerprint density at radius 1 is 0.955 bits per heavy atom. The SMILES string of the molecule is CC(C)(C)OC(=O)NCCCCN1CCN(CCOc2ccc(COc3ccc4oc(-c5cccnc5)nc4c3)nc2)CC1. The first kappa shape index (κ1) is 31.2. The van der Waals surface area contributed by atoms with Crippen molar-refractivity contribution in [1.82, 2.24) is 30.1 Å². The van der Waals surface area contributed by atoms with Gasteiger partial charge in [-0.1, -0.05) is 0 Å². The van der Waals surface area contributed by atoms with Crippen LogP contribution in [0.5, 0.6) is 11.5 Å². The normalized spacial score (nSPS) is 14.4. The molecule has 0 unspecified atom stereocenters. The molecule has 11 nitrogen and oxygen atoms in total. The van der Waals surface area contributed by atoms with E-state index in [9.17, 15) is 4.79 Å². The first-order chi connectivity index (χ1) is 21.3. The van der Waals surface area contributed by atoms with E-state index in [-0.39, 0.29) is 6.09 Å². The molecule has 4 heterocycles. The summed E-state index contributed by atoms with van der Waals surface area (Å²) in [5.41, 5.74) is 2.60. The molecule has 0 atom stereocenters. The maximum Gasteiger partial charge on any atom is 0.407 e. The summed E-state index contributed by atoms with van der Waals surface area (Å²) in [6.07, 6.45) is 6.84. The van der Waals surface area contributed by atoms with Gasteiger partial charge in [0.1, 0.15) is 35.8 Å². The van der Waals surface area contributed by atoms with Gasteiger partial charge in [0.05, 0.1) is 17.5 Å². The van der Waals surface area contributed by atoms with Crippen LogP contribution in [0.3, 0.4) is 0 Å². The van der Waals surface area contributed by atoms with Crippen molar-refractivity contribution in [3.63, 3.8) is 0 Å². The number of fused-ring (bicyclic) bond motifs is 1. The predicted octanol–water partition coefficient (Wildman–Crippen LogP) is 5.17. The van der Waals surface area contributed by atoms with Crippen molar-refractivity contribution in [3.8, 4) is 23.0 Å². The van der Waals surface area contributed by atoms with Gasteiger partial charge in [-0.2, -0.15) is 0 Å². The van der Waals surface area contributed by atoms with Crippen LogP contribution >= 0.6 is 0 Å². The third-order valence-corrected chi connectivity index (χ3v) is 7.16. The van der Waals surface area contributed by atoms with Crippen LogP contribution in [0.1, 0.15) is 39.3 Å². The Labute approximate surface area is 258 Å². The number of amides is 1. The standard InChI is InChI=1S/C33H42N6O5/c1-33(2,3)44-32(40)35-13-4-5-14-38-15-17-39(18-16-38)19-20-41-28-9-8-26(36-23-28)24-42-27-10-11-30-29(21-27)37-31(43-30)25-7-6-12-34-22-25/h6-12,21-23H,4-5,13-20,24H2,1-3H3,(H,35,40). The molecular formula is C33H42N6O5. The highest BCUT2D eigenvalue weighted by molar-refractivity contribution is 5.77. The van der Waals surface area contributed by atoms with Crippen LogP contribution in [0.25, 0.3) is 22.6 Å². The number of rotatable bonds is 13. The van der Waals surface area contributed by atoms with Crippen LogP contribution in [0.15, 0.2) is 65.5 Å². The molecule has 1 saturated heterocycles. The third-order valence-electron chi connectivity index (χ3n) is 7.16. The maximum absolute atomic E-state index is 11.7. The van der Waals surface area contributed by atoms with E-state index in [4.69, 9.17) is 18.6 Å². The van der Waals surface area contributed by atoms with Crippen molar-refractivity contribution in [2.75, 3.05) is 52.4 Å². The minimum Gasteiger partial charge on any atom is -0.491 e. The predicted molar refractivity (Wildman–Crippen MR) is 168 cm³/mol. The van der Waals surface area contributed by atoms with Crippen LogP contribution in [0, 0.1) is 0 Å². The summed E-state index contributed by atoms with van der Waals surface area (Å²) in [6, 6.07) is 13.2. The summed E-state index contributed by atoms with van der Waals surface area (Å²) >= 11 is 0. The minimum atomic E-state index is -0.462. The van der Waals surface area contributed by atoms with Gasteiger partial charge < -0.3 is 28.8 Å². The lowest BCUT2D eigenvalue weighted by atomic mass is 10.2. The Bertz CT molecular complexity index is 1460. The van der Waals surface area contributed by atoms with Crippen LogP contribution < -0.4 is 14.8 Å². The molecule has 4 aromatic rings. The van der Waals surface area contributed by atoms with E-state index < -0.39 is 5.60 Å². The molecule has 1 N–H and O–H groups in total. The average Bonchev–Trinajstić information content (AvgIpc) is 3.44. The second-order valence-electron chi connectivity index (χ2n) is 11.8. The second kappa shape index (κ2) is 15.0. The number of nitrogens with zero attached hydrogens (tertiary/aromatic N) is 5. The highest BCUT2D eigenvalue weighted by Crippen LogP contribution is 2.27. The molecule has 1 aliphatic heterocycles. The molecule has 234 valence electrons. The van der Waals surface area contributed by atoms with Crippen LogP contribution in [-0.4, -0.2) is 88.9 Å². The monoisotopic (exact) mass is 602 g/mol. The van der Waals surface area contributed by atoms with Gasteiger partial charge in [-0.3, -0.25) is 14.9 Å². The van der Waals surface area contributed by atoms with E-state index in [1.165, 1.54) is 0 Å². The number of piperazine rings is 1. The van der Waals surface area contributed by atoms with Crippen molar-refractivity contribution in [2.24, 2.45) is 0 Å². The van der Waals surface area contributed by atoms with E-state index in [0.717, 1.165) is 74.6 Å². The lowest BCUT2D eigenvalue weighted by Crippen LogP contribution is -2.47. The zero-order chi connectivity index (χ0) is 30.8. The van der Waals surface area contributed by atoms with Crippen molar-refractivity contribution < 1.29 is 23.4 Å². The van der Waals surface area contributed by atoms with Gasteiger partial charge in [-0.25, -0.2) is 9.78 Å². The zero-order valence-electron chi connectivity index (χ0n) is 25.8. The molecule has 1 fully saturated rings. The van der Waals surface area contributed by atoms with Gasteiger partial charge in [0.15, 0.2) is 5.58 Å². The fourth-order valence-corrected chi connectivity index (χ4v) is 4.84. The van der Waals surface area contributed by atoms with E-state index in [1.54, 1.807) is 18.6 Å². The van der Waals surface area contributed by atoms with Crippen molar-refractivity contribution in [1.29, 1.82) is 0 Å². The largest absolute Gasteiger partial charge is 0.491 e. The molecule has 1 aromatic carbocycles. The molecule has 0 bridgehead atoms. The van der Waals surface area contributed by atoms with Crippen molar-refractivity contribution >= 4 is 17.2 Å². The zero-order valence-corrected chi connectivity index (χ0v) is 25.8. The number of ether oxygens (including phenoxy) is 3. The Balaban J connectivity index is 0.950. The van der Waals surface area contributed by atoms with Gasteiger partial charge >= 0.3 is 6.09 Å². The number of unbranched alkanes of at least 4 members (excludes halogenated alkanes) is 1. The molecule has 3 aromatic heterocycles. The smallest absolute Gasteiger partial charge is 0.407 e. The Morgan fingerprint density at radius 3 is 2.48 bits per heavy atom. The third kappa shape index (κ3) is 9.65. The lowest BCUT2D eigenvalue weighted by Gasteiger charge is -2.34. The molecule has 0 aliphatic carbocycles. The molecule has 5 rings (SSSR count). The fourth-order valence-electron chi connectivity index (χ4n) is 4.84. The Kier molecular flexibility index (Phi) is 10.6. The van der Waals surface area contributed by atoms with Crippen molar-refractivity contribution in [2.45, 2.75) is 45.8 Å². The summed E-state index contributed by atoms with van der Waals surface area (Å²) in [6.45, 7) is 13.3. The number of alkyl carbamates (subject to hydrolysis) is 1. The number of aromatic nitrogens is 3. The topological polar surface area (TPSA) is 115 Å². The van der Waals surface area contributed by atoms with E-state index >= 15 is 0 Å². The van der Waals surface area contributed by atoms with Crippen LogP contribution in [0.4, 0.5) is 4.79 Å². The number of carbonyl (C=O) groups is 1. The number of carbonyl (C=O) groups excluding carboxylic acids is 1. The summed E-state index contributed by atoms with van der Waals surface area (Å²) in [4.78, 5) is 29.8. The molecule has 1 aliphatic rings. The van der Waals surface area contributed by atoms with Gasteiger partial charge in [0.25, 0.3) is 0 Å². The summed E-state index contributed by atoms with van der Waals surface area (Å²) in [7, 11) is 0. The van der Waals surface area contributed by atoms with Gasteiger partial charge in [0, 0.05) is 57.7 Å². The number of nitrogens with one attached hydrogen (secondary N) is 1. The van der Waals surface area contributed by atoms with Gasteiger partial charge in [0.2, 0.25) is 5.89 Å². The lowest BCUT2D eigenvalue weighted by molar-refractivity contribution is 0.0526. The van der Waals surface area contributed by atoms with E-state index in [1.807, 2.05) is 63.2 Å². The molecule has 44 heavy (non-hydrogen) atoms. The Morgan fingerprint density at radius 2 is 1.75 bits per heavy atom. The maximum atomic E-state index is 11.7. The quantitative estimate of drug-likeness (QED) is 0.206. The molecule has 0 spiro atoms. The van der Waals surface area contributed by atoms with Crippen LogP contribution in [0.2, 0.25) is 0 Å². The average molecular weight is 603 g/mol. The van der Waals surface area contributed by atoms with Crippen LogP contribution in [-0.2, 0) is 11.3 Å². The molecule has 1 amide bonds. The summed E-state index contributed by atoms with van der Waals surface area (Å²) in [5, 5.41) is 2.83. The number of pyridine rings is 2. The highest BCUT2D eigenvalue weighted by atomic mass is 16.6. The molecule has 0 radical (unpaired) electrons. The van der Waals surface area contributed by atoms with E-state index in [0.29, 0.717) is 37.0 Å². The first-order valence-electron chi connectivity index (χ1n) is 15.2.